The quantitative estimate of drug-likeness (QED) is 0.633. The molecule has 88 valence electrons. The molecule has 0 bridgehead atoms. The number of carbonyl (C=O) groups is 1. The van der Waals surface area contributed by atoms with Gasteiger partial charge in [0.15, 0.2) is 0 Å². The van der Waals surface area contributed by atoms with E-state index in [0.29, 0.717) is 13.0 Å². The maximum atomic E-state index is 11.2. The Kier molecular flexibility index (Phi) is 5.69. The van der Waals surface area contributed by atoms with Crippen LogP contribution in [0, 0.1) is 5.92 Å². The number of esters is 1. The van der Waals surface area contributed by atoms with E-state index < -0.39 is 0 Å². The first-order valence-electron chi connectivity index (χ1n) is 6.14. The van der Waals surface area contributed by atoms with Crippen molar-refractivity contribution in [1.29, 1.82) is 0 Å². The van der Waals surface area contributed by atoms with Gasteiger partial charge in [-0.3, -0.25) is 4.79 Å². The third-order valence-electron chi connectivity index (χ3n) is 3.00. The summed E-state index contributed by atoms with van der Waals surface area (Å²) in [5, 5.41) is 0. The molecule has 0 spiro atoms. The molecule has 0 amide bonds. The van der Waals surface area contributed by atoms with Gasteiger partial charge in [-0.05, 0) is 32.2 Å². The van der Waals surface area contributed by atoms with Gasteiger partial charge >= 0.3 is 5.97 Å². The third kappa shape index (κ3) is 4.65. The molecule has 1 rings (SSSR count). The van der Waals surface area contributed by atoms with Crippen molar-refractivity contribution < 1.29 is 9.53 Å². The molecule has 0 aliphatic carbocycles. The van der Waals surface area contributed by atoms with Gasteiger partial charge in [0.1, 0.15) is 0 Å². The van der Waals surface area contributed by atoms with Crippen molar-refractivity contribution in [3.05, 3.63) is 0 Å². The summed E-state index contributed by atoms with van der Waals surface area (Å²) in [5.41, 5.74) is 0. The van der Waals surface area contributed by atoms with E-state index in [1.54, 1.807) is 0 Å². The van der Waals surface area contributed by atoms with Gasteiger partial charge in [-0.1, -0.05) is 13.3 Å². The number of carbonyl (C=O) groups excluding carboxylic acids is 1. The Morgan fingerprint density at radius 1 is 1.47 bits per heavy atom. The van der Waals surface area contributed by atoms with E-state index in [2.05, 4.69) is 11.8 Å². The molecular formula is C12H23NO2. The number of ether oxygens (including phenoxy) is 1. The zero-order valence-corrected chi connectivity index (χ0v) is 10.00. The summed E-state index contributed by atoms with van der Waals surface area (Å²) in [6, 6.07) is 0. The number of nitrogens with zero attached hydrogens (tertiary/aromatic N) is 1. The molecule has 0 saturated carbocycles. The fraction of sp³-hybridized carbons (Fsp3) is 0.917. The van der Waals surface area contributed by atoms with E-state index >= 15 is 0 Å². The van der Waals surface area contributed by atoms with Crippen molar-refractivity contribution in [3.8, 4) is 0 Å². The predicted octanol–water partition coefficient (Wildman–Crippen LogP) is 2.06. The van der Waals surface area contributed by atoms with Crippen LogP contribution in [-0.2, 0) is 9.53 Å². The normalized spacial score (nSPS) is 21.9. The molecule has 15 heavy (non-hydrogen) atoms. The van der Waals surface area contributed by atoms with E-state index in [-0.39, 0.29) is 5.97 Å². The van der Waals surface area contributed by atoms with Crippen molar-refractivity contribution in [1.82, 2.24) is 4.90 Å². The number of hydrogen-bond acceptors (Lipinski definition) is 3. The lowest BCUT2D eigenvalue weighted by atomic mass is 10.0. The van der Waals surface area contributed by atoms with Crippen LogP contribution in [-0.4, -0.2) is 37.1 Å². The molecule has 3 nitrogen and oxygen atoms in total. The Labute approximate surface area is 92.8 Å². The van der Waals surface area contributed by atoms with Gasteiger partial charge in [-0.2, -0.15) is 0 Å². The molecule has 1 heterocycles. The molecule has 0 N–H and O–H groups in total. The lowest BCUT2D eigenvalue weighted by molar-refractivity contribution is -0.143. The van der Waals surface area contributed by atoms with Crippen LogP contribution in [0.15, 0.2) is 0 Å². The van der Waals surface area contributed by atoms with Crippen molar-refractivity contribution in [2.24, 2.45) is 5.92 Å². The standard InChI is InChI=1S/C12H23NO2/c1-3-5-11-6-8-13(10-11)9-7-12(14)15-4-2/h11H,3-10H2,1-2H3. The maximum Gasteiger partial charge on any atom is 0.307 e. The smallest absolute Gasteiger partial charge is 0.307 e. The zero-order chi connectivity index (χ0) is 11.1. The Hall–Kier alpha value is -0.570. The lowest BCUT2D eigenvalue weighted by Crippen LogP contribution is -2.24. The van der Waals surface area contributed by atoms with Crippen LogP contribution in [0.4, 0.5) is 0 Å². The van der Waals surface area contributed by atoms with Crippen LogP contribution < -0.4 is 0 Å². The van der Waals surface area contributed by atoms with Crippen molar-refractivity contribution in [2.75, 3.05) is 26.2 Å². The van der Waals surface area contributed by atoms with Crippen LogP contribution in [0.25, 0.3) is 0 Å². The highest BCUT2D eigenvalue weighted by Crippen LogP contribution is 2.20. The molecule has 1 saturated heterocycles. The largest absolute Gasteiger partial charge is 0.466 e. The van der Waals surface area contributed by atoms with Gasteiger partial charge < -0.3 is 9.64 Å². The van der Waals surface area contributed by atoms with Crippen LogP contribution >= 0.6 is 0 Å². The summed E-state index contributed by atoms with van der Waals surface area (Å²) in [7, 11) is 0. The highest BCUT2D eigenvalue weighted by molar-refractivity contribution is 5.69. The summed E-state index contributed by atoms with van der Waals surface area (Å²) >= 11 is 0. The summed E-state index contributed by atoms with van der Waals surface area (Å²) < 4.78 is 4.91. The predicted molar refractivity (Wildman–Crippen MR) is 60.7 cm³/mol. The monoisotopic (exact) mass is 213 g/mol. The first-order valence-corrected chi connectivity index (χ1v) is 6.14. The molecule has 0 aromatic carbocycles. The Morgan fingerprint density at radius 3 is 2.93 bits per heavy atom. The van der Waals surface area contributed by atoms with Crippen LogP contribution in [0.2, 0.25) is 0 Å². The molecule has 3 heteroatoms. The topological polar surface area (TPSA) is 29.5 Å². The van der Waals surface area contributed by atoms with Crippen molar-refractivity contribution >= 4 is 5.97 Å². The summed E-state index contributed by atoms with van der Waals surface area (Å²) in [4.78, 5) is 13.5. The van der Waals surface area contributed by atoms with Crippen molar-refractivity contribution in [2.45, 2.75) is 39.5 Å². The number of rotatable bonds is 6. The minimum Gasteiger partial charge on any atom is -0.466 e. The second kappa shape index (κ2) is 6.83. The molecule has 1 unspecified atom stereocenters. The fourth-order valence-electron chi connectivity index (χ4n) is 2.24. The van der Waals surface area contributed by atoms with Crippen LogP contribution in [0.3, 0.4) is 0 Å². The van der Waals surface area contributed by atoms with Gasteiger partial charge in [-0.15, -0.1) is 0 Å². The average molecular weight is 213 g/mol. The molecule has 0 radical (unpaired) electrons. The van der Waals surface area contributed by atoms with E-state index in [1.165, 1.54) is 25.8 Å². The van der Waals surface area contributed by atoms with E-state index in [9.17, 15) is 4.79 Å². The SMILES string of the molecule is CCCC1CCN(CCC(=O)OCC)C1. The highest BCUT2D eigenvalue weighted by Gasteiger charge is 2.21. The fourth-order valence-corrected chi connectivity index (χ4v) is 2.24. The third-order valence-corrected chi connectivity index (χ3v) is 3.00. The van der Waals surface area contributed by atoms with Gasteiger partial charge in [0.05, 0.1) is 13.0 Å². The van der Waals surface area contributed by atoms with Gasteiger partial charge in [0.25, 0.3) is 0 Å². The second-order valence-electron chi connectivity index (χ2n) is 4.30. The van der Waals surface area contributed by atoms with E-state index in [0.717, 1.165) is 19.0 Å². The van der Waals surface area contributed by atoms with Gasteiger partial charge in [0, 0.05) is 13.1 Å². The van der Waals surface area contributed by atoms with Crippen molar-refractivity contribution in [3.63, 3.8) is 0 Å². The minimum absolute atomic E-state index is 0.0589. The lowest BCUT2D eigenvalue weighted by Gasteiger charge is -2.14. The summed E-state index contributed by atoms with van der Waals surface area (Å²) in [6.45, 7) is 7.79. The maximum absolute atomic E-state index is 11.2. The second-order valence-corrected chi connectivity index (χ2v) is 4.30. The molecule has 0 aromatic heterocycles. The van der Waals surface area contributed by atoms with Gasteiger partial charge in [0.2, 0.25) is 0 Å². The van der Waals surface area contributed by atoms with E-state index in [4.69, 9.17) is 4.74 Å². The molecule has 1 fully saturated rings. The molecule has 0 aromatic rings. The molecule has 1 aliphatic rings. The summed E-state index contributed by atoms with van der Waals surface area (Å²) in [5.74, 6) is 0.800. The summed E-state index contributed by atoms with van der Waals surface area (Å²) in [6.07, 6.45) is 4.45. The Balaban J connectivity index is 2.10. The zero-order valence-electron chi connectivity index (χ0n) is 10.00. The van der Waals surface area contributed by atoms with E-state index in [1.807, 2.05) is 6.92 Å². The Morgan fingerprint density at radius 2 is 2.27 bits per heavy atom. The van der Waals surface area contributed by atoms with Crippen LogP contribution in [0.5, 0.6) is 0 Å². The van der Waals surface area contributed by atoms with Crippen LogP contribution in [0.1, 0.15) is 39.5 Å². The number of likely N-dealkylation sites (tertiary alicyclic amines) is 1. The average Bonchev–Trinajstić information content (AvgIpc) is 2.64. The first kappa shape index (κ1) is 12.5. The highest BCUT2D eigenvalue weighted by atomic mass is 16.5. The molecule has 1 atom stereocenters. The molecular weight excluding hydrogens is 190 g/mol. The number of hydrogen-bond donors (Lipinski definition) is 0. The Bertz CT molecular complexity index is 194. The first-order chi connectivity index (χ1) is 7.26. The van der Waals surface area contributed by atoms with Gasteiger partial charge in [-0.25, -0.2) is 0 Å². The minimum atomic E-state index is -0.0589. The molecule has 1 aliphatic heterocycles.